The molecule has 4 aromatic rings. The maximum Gasteiger partial charge on any atom is 0.408 e. The third kappa shape index (κ3) is 8.54. The van der Waals surface area contributed by atoms with Crippen molar-refractivity contribution < 1.29 is 24.2 Å². The number of carboxylic acid groups (broad SMARTS) is 1. The number of hydrogen-bond donors (Lipinski definition) is 6. The fraction of sp³-hybridized carbons (Fsp3) is 0.273. The number of aliphatic carboxylic acids is 1. The number of rotatable bonds is 13. The van der Waals surface area contributed by atoms with Gasteiger partial charge in [0.25, 0.3) is 5.91 Å². The monoisotopic (exact) mass is 612 g/mol. The second-order valence-corrected chi connectivity index (χ2v) is 10.7. The maximum atomic E-state index is 13.5. The van der Waals surface area contributed by atoms with Crippen LogP contribution in [-0.2, 0) is 35.6 Å². The van der Waals surface area contributed by atoms with Gasteiger partial charge in [-0.15, -0.1) is 0 Å². The zero-order valence-electron chi connectivity index (χ0n) is 24.6. The van der Waals surface area contributed by atoms with Crippen LogP contribution in [0.15, 0.2) is 89.9 Å². The third-order valence-corrected chi connectivity index (χ3v) is 7.48. The molecular formula is C33H36N6O6. The number of alkyl carbamates (subject to hydrolysis) is 1. The molecule has 1 aliphatic rings. The first-order valence-corrected chi connectivity index (χ1v) is 14.8. The van der Waals surface area contributed by atoms with Crippen molar-refractivity contribution in [2.24, 2.45) is 0 Å². The molecule has 12 nitrogen and oxygen atoms in total. The van der Waals surface area contributed by atoms with Gasteiger partial charge in [0.05, 0.1) is 5.52 Å². The number of pyridine rings is 1. The normalized spacial score (nSPS) is 13.8. The molecule has 6 N–H and O–H groups in total. The van der Waals surface area contributed by atoms with Crippen LogP contribution in [0.2, 0.25) is 0 Å². The first-order valence-electron chi connectivity index (χ1n) is 14.8. The number of ether oxygens (including phenoxy) is 1. The fourth-order valence-corrected chi connectivity index (χ4v) is 5.05. The average Bonchev–Trinajstić information content (AvgIpc) is 3.59. The van der Waals surface area contributed by atoms with E-state index in [-0.39, 0.29) is 18.5 Å². The van der Waals surface area contributed by atoms with Crippen molar-refractivity contribution in [2.75, 3.05) is 19.6 Å². The van der Waals surface area contributed by atoms with Crippen molar-refractivity contribution in [3.05, 3.63) is 118 Å². The van der Waals surface area contributed by atoms with Crippen LogP contribution in [0.25, 0.3) is 10.9 Å². The summed E-state index contributed by atoms with van der Waals surface area (Å²) in [6, 6.07) is 22.8. The Labute approximate surface area is 259 Å². The van der Waals surface area contributed by atoms with E-state index in [0.29, 0.717) is 30.4 Å². The summed E-state index contributed by atoms with van der Waals surface area (Å²) in [6.07, 6.45) is 1.23. The van der Waals surface area contributed by atoms with Gasteiger partial charge in [-0.2, -0.15) is 0 Å². The van der Waals surface area contributed by atoms with E-state index in [1.54, 1.807) is 30.3 Å². The van der Waals surface area contributed by atoms with Crippen molar-refractivity contribution in [2.45, 2.75) is 38.4 Å². The van der Waals surface area contributed by atoms with Gasteiger partial charge in [-0.05, 0) is 35.2 Å². The van der Waals surface area contributed by atoms with Gasteiger partial charge in [-0.3, -0.25) is 25.5 Å². The van der Waals surface area contributed by atoms with Gasteiger partial charge in [0.1, 0.15) is 24.5 Å². The zero-order valence-corrected chi connectivity index (χ0v) is 24.6. The Hall–Kier alpha value is -5.04. The maximum absolute atomic E-state index is 13.5. The van der Waals surface area contributed by atoms with Crippen LogP contribution in [0.5, 0.6) is 0 Å². The summed E-state index contributed by atoms with van der Waals surface area (Å²) in [4.78, 5) is 50.9. The Bertz CT molecular complexity index is 1690. The van der Waals surface area contributed by atoms with E-state index >= 15 is 0 Å². The Morgan fingerprint density at radius 1 is 0.933 bits per heavy atom. The second kappa shape index (κ2) is 15.1. The second-order valence-electron chi connectivity index (χ2n) is 10.7. The van der Waals surface area contributed by atoms with Gasteiger partial charge < -0.3 is 25.0 Å². The van der Waals surface area contributed by atoms with Crippen LogP contribution in [0.3, 0.4) is 0 Å². The molecule has 0 spiro atoms. The van der Waals surface area contributed by atoms with Gasteiger partial charge in [-0.1, -0.05) is 66.7 Å². The van der Waals surface area contributed by atoms with E-state index in [9.17, 15) is 24.3 Å². The minimum Gasteiger partial charge on any atom is -0.480 e. The van der Waals surface area contributed by atoms with Crippen LogP contribution in [-0.4, -0.2) is 59.6 Å². The molecular weight excluding hydrogens is 576 g/mol. The van der Waals surface area contributed by atoms with Crippen LogP contribution >= 0.6 is 0 Å². The minimum atomic E-state index is -1.48. The fourth-order valence-electron chi connectivity index (χ4n) is 5.05. The standard InChI is InChI=1S/C33H36N6O6/c40-29-25-12-11-24(18-37-32-34-14-15-35-32)17-28(25)39(16-13-22-7-3-1-4-8-22)20-26(29)30(41)36-19-27(31(42)43)38-33(44)45-21-23-9-5-2-6-10-23/h1-12,17,20,27,32,34-35,37H,13-16,18-19,21H2,(H,36,41)(H,38,44)(H,42,43). The molecule has 45 heavy (non-hydrogen) atoms. The molecule has 5 rings (SSSR count). The summed E-state index contributed by atoms with van der Waals surface area (Å²) in [7, 11) is 0. The molecule has 2 heterocycles. The molecule has 0 aliphatic carbocycles. The lowest BCUT2D eigenvalue weighted by atomic mass is 10.1. The highest BCUT2D eigenvalue weighted by molar-refractivity contribution is 5.97. The largest absolute Gasteiger partial charge is 0.480 e. The van der Waals surface area contributed by atoms with Crippen molar-refractivity contribution in [3.8, 4) is 0 Å². The lowest BCUT2D eigenvalue weighted by molar-refractivity contribution is -0.139. The molecule has 2 amide bonds. The van der Waals surface area contributed by atoms with Gasteiger partial charge in [0.2, 0.25) is 5.43 Å². The molecule has 1 aliphatic heterocycles. The molecule has 0 saturated carbocycles. The lowest BCUT2D eigenvalue weighted by Crippen LogP contribution is -2.49. The highest BCUT2D eigenvalue weighted by atomic mass is 16.5. The van der Waals surface area contributed by atoms with Crippen LogP contribution < -0.4 is 32.0 Å². The summed E-state index contributed by atoms with van der Waals surface area (Å²) in [6.45, 7) is 2.31. The number of nitrogens with zero attached hydrogens (tertiary/aromatic N) is 1. The topological polar surface area (TPSA) is 163 Å². The Morgan fingerprint density at radius 2 is 1.62 bits per heavy atom. The first-order chi connectivity index (χ1) is 21.9. The molecule has 1 atom stereocenters. The number of carboxylic acids is 1. The van der Waals surface area contributed by atoms with Gasteiger partial charge in [0.15, 0.2) is 0 Å². The Balaban J connectivity index is 1.32. The number of aromatic nitrogens is 1. The molecule has 1 unspecified atom stereocenters. The Kier molecular flexibility index (Phi) is 10.5. The van der Waals surface area contributed by atoms with Crippen LogP contribution in [0, 0.1) is 0 Å². The number of nitrogens with one attached hydrogen (secondary N) is 5. The predicted octanol–water partition coefficient (Wildman–Crippen LogP) is 1.92. The highest BCUT2D eigenvalue weighted by Gasteiger charge is 2.23. The summed E-state index contributed by atoms with van der Waals surface area (Å²) in [5, 5.41) is 24.8. The van der Waals surface area contributed by atoms with E-state index in [4.69, 9.17) is 4.74 Å². The van der Waals surface area contributed by atoms with Crippen molar-refractivity contribution in [1.82, 2.24) is 31.2 Å². The molecule has 0 bridgehead atoms. The molecule has 1 fully saturated rings. The SMILES string of the molecule is O=C(NC(CNC(=O)c1cn(CCc2ccccc2)c2cc(CNC3NCCN3)ccc2c1=O)C(=O)O)OCc1ccccc1. The van der Waals surface area contributed by atoms with Gasteiger partial charge >= 0.3 is 12.1 Å². The number of benzene rings is 3. The quantitative estimate of drug-likeness (QED) is 0.132. The van der Waals surface area contributed by atoms with E-state index < -0.39 is 36.0 Å². The predicted molar refractivity (Wildman–Crippen MR) is 169 cm³/mol. The molecule has 0 radical (unpaired) electrons. The van der Waals surface area contributed by atoms with Crippen molar-refractivity contribution in [1.29, 1.82) is 0 Å². The summed E-state index contributed by atoms with van der Waals surface area (Å²) >= 11 is 0. The molecule has 234 valence electrons. The summed E-state index contributed by atoms with van der Waals surface area (Å²) in [5.41, 5.74) is 2.89. The van der Waals surface area contributed by atoms with Crippen LogP contribution in [0.4, 0.5) is 4.79 Å². The lowest BCUT2D eigenvalue weighted by Gasteiger charge is -2.18. The van der Waals surface area contributed by atoms with Gasteiger partial charge in [0, 0.05) is 44.3 Å². The summed E-state index contributed by atoms with van der Waals surface area (Å²) < 4.78 is 6.99. The van der Waals surface area contributed by atoms with Gasteiger partial charge in [-0.25, -0.2) is 9.59 Å². The number of carbonyl (C=O) groups excluding carboxylic acids is 2. The van der Waals surface area contributed by atoms with E-state index in [1.807, 2.05) is 53.1 Å². The molecule has 12 heteroatoms. The summed E-state index contributed by atoms with van der Waals surface area (Å²) in [5.74, 6) is -2.11. The van der Waals surface area contributed by atoms with E-state index in [1.165, 1.54) is 6.20 Å². The number of hydrogen-bond acceptors (Lipinski definition) is 8. The molecule has 3 aromatic carbocycles. The van der Waals surface area contributed by atoms with Crippen molar-refractivity contribution >= 4 is 28.9 Å². The minimum absolute atomic E-state index is 0.00174. The van der Waals surface area contributed by atoms with Crippen molar-refractivity contribution in [3.63, 3.8) is 0 Å². The first kappa shape index (κ1) is 31.4. The number of amides is 2. The Morgan fingerprint density at radius 3 is 2.31 bits per heavy atom. The molecule has 1 aromatic heterocycles. The molecule has 1 saturated heterocycles. The number of carbonyl (C=O) groups is 3. The van der Waals surface area contributed by atoms with Crippen LogP contribution in [0.1, 0.15) is 27.0 Å². The van der Waals surface area contributed by atoms with E-state index in [0.717, 1.165) is 29.8 Å². The zero-order chi connectivity index (χ0) is 31.6. The number of aryl methyl sites for hydroxylation is 2. The average molecular weight is 613 g/mol. The highest BCUT2D eigenvalue weighted by Crippen LogP contribution is 2.17. The number of fused-ring (bicyclic) bond motifs is 1. The smallest absolute Gasteiger partial charge is 0.408 e. The third-order valence-electron chi connectivity index (χ3n) is 7.48. The van der Waals surface area contributed by atoms with E-state index in [2.05, 4.69) is 26.6 Å².